The van der Waals surface area contributed by atoms with Crippen molar-refractivity contribution in [3.8, 4) is 11.5 Å². The van der Waals surface area contributed by atoms with Crippen LogP contribution in [0, 0.1) is 6.92 Å². The van der Waals surface area contributed by atoms with Gasteiger partial charge in [0.05, 0.1) is 5.69 Å². The molecule has 6 heteroatoms. The van der Waals surface area contributed by atoms with E-state index in [-0.39, 0.29) is 5.91 Å². The second kappa shape index (κ2) is 8.17. The number of rotatable bonds is 4. The third-order valence-corrected chi connectivity index (χ3v) is 5.25. The summed E-state index contributed by atoms with van der Waals surface area (Å²) in [5, 5.41) is 0.584. The molecule has 1 fully saturated rings. The first kappa shape index (κ1) is 18.7. The molecule has 4 rings (SSSR count). The lowest BCUT2D eigenvalue weighted by Gasteiger charge is -2.34. The molecule has 1 aliphatic heterocycles. The zero-order valence-corrected chi connectivity index (χ0v) is 16.5. The number of nitrogens with zero attached hydrogens (tertiary/aromatic N) is 3. The van der Waals surface area contributed by atoms with Crippen LogP contribution in [0.4, 0.5) is 0 Å². The SMILES string of the molecule is Cc1oc(-c2ccccc2)nc1CN1CCN(C(=O)c2cccc(Cl)c2)CC1. The van der Waals surface area contributed by atoms with E-state index in [1.807, 2.05) is 54.3 Å². The van der Waals surface area contributed by atoms with Crippen LogP contribution < -0.4 is 0 Å². The molecule has 144 valence electrons. The normalized spacial score (nSPS) is 15.0. The van der Waals surface area contributed by atoms with Gasteiger partial charge in [0.2, 0.25) is 5.89 Å². The van der Waals surface area contributed by atoms with Gasteiger partial charge >= 0.3 is 0 Å². The summed E-state index contributed by atoms with van der Waals surface area (Å²) in [6, 6.07) is 17.0. The van der Waals surface area contributed by atoms with Crippen LogP contribution in [0.1, 0.15) is 21.8 Å². The molecule has 1 aromatic heterocycles. The second-order valence-electron chi connectivity index (χ2n) is 6.97. The predicted molar refractivity (Wildman–Crippen MR) is 109 cm³/mol. The van der Waals surface area contributed by atoms with Crippen LogP contribution in [0.25, 0.3) is 11.5 Å². The molecule has 0 spiro atoms. The van der Waals surface area contributed by atoms with Crippen molar-refractivity contribution in [3.05, 3.63) is 76.6 Å². The Kier molecular flexibility index (Phi) is 5.46. The summed E-state index contributed by atoms with van der Waals surface area (Å²) >= 11 is 6.01. The van der Waals surface area contributed by atoms with E-state index in [4.69, 9.17) is 16.0 Å². The third-order valence-electron chi connectivity index (χ3n) is 5.02. The molecular formula is C22H22ClN3O2. The molecule has 0 saturated carbocycles. The molecule has 1 aliphatic rings. The van der Waals surface area contributed by atoms with Gasteiger partial charge in [-0.05, 0) is 37.3 Å². The molecule has 0 aliphatic carbocycles. The molecular weight excluding hydrogens is 374 g/mol. The lowest BCUT2D eigenvalue weighted by molar-refractivity contribution is 0.0626. The molecule has 5 nitrogen and oxygen atoms in total. The lowest BCUT2D eigenvalue weighted by Crippen LogP contribution is -2.48. The molecule has 0 radical (unpaired) electrons. The Morgan fingerprint density at radius 1 is 1.07 bits per heavy atom. The van der Waals surface area contributed by atoms with E-state index in [0.717, 1.165) is 36.7 Å². The average Bonchev–Trinajstić information content (AvgIpc) is 3.09. The number of hydrogen-bond donors (Lipinski definition) is 0. The molecule has 0 atom stereocenters. The second-order valence-corrected chi connectivity index (χ2v) is 7.40. The van der Waals surface area contributed by atoms with Crippen LogP contribution >= 0.6 is 11.6 Å². The van der Waals surface area contributed by atoms with Crippen molar-refractivity contribution in [2.24, 2.45) is 0 Å². The maximum Gasteiger partial charge on any atom is 0.253 e. The minimum Gasteiger partial charge on any atom is -0.441 e. The Labute approximate surface area is 169 Å². The number of oxazole rings is 1. The van der Waals surface area contributed by atoms with Crippen molar-refractivity contribution >= 4 is 17.5 Å². The van der Waals surface area contributed by atoms with Crippen molar-refractivity contribution in [2.45, 2.75) is 13.5 Å². The summed E-state index contributed by atoms with van der Waals surface area (Å²) in [5.41, 5.74) is 2.57. The highest BCUT2D eigenvalue weighted by molar-refractivity contribution is 6.30. The number of benzene rings is 2. The highest BCUT2D eigenvalue weighted by Gasteiger charge is 2.23. The first-order valence-corrected chi connectivity index (χ1v) is 9.77. The molecule has 28 heavy (non-hydrogen) atoms. The molecule has 1 saturated heterocycles. The summed E-state index contributed by atoms with van der Waals surface area (Å²) < 4.78 is 5.86. The van der Waals surface area contributed by atoms with E-state index in [2.05, 4.69) is 9.88 Å². The van der Waals surface area contributed by atoms with Crippen molar-refractivity contribution in [1.82, 2.24) is 14.8 Å². The van der Waals surface area contributed by atoms with Crippen molar-refractivity contribution < 1.29 is 9.21 Å². The smallest absolute Gasteiger partial charge is 0.253 e. The van der Waals surface area contributed by atoms with E-state index >= 15 is 0 Å². The topological polar surface area (TPSA) is 49.6 Å². The van der Waals surface area contributed by atoms with Gasteiger partial charge < -0.3 is 9.32 Å². The van der Waals surface area contributed by atoms with E-state index in [9.17, 15) is 4.79 Å². The Morgan fingerprint density at radius 2 is 1.82 bits per heavy atom. The number of hydrogen-bond acceptors (Lipinski definition) is 4. The summed E-state index contributed by atoms with van der Waals surface area (Å²) in [6.07, 6.45) is 0. The van der Waals surface area contributed by atoms with Gasteiger partial charge in [-0.25, -0.2) is 4.98 Å². The lowest BCUT2D eigenvalue weighted by atomic mass is 10.2. The molecule has 2 heterocycles. The van der Waals surface area contributed by atoms with Crippen molar-refractivity contribution in [1.29, 1.82) is 0 Å². The standard InChI is InChI=1S/C22H22ClN3O2/c1-16-20(24-21(28-16)17-6-3-2-4-7-17)15-25-10-12-26(13-11-25)22(27)18-8-5-9-19(23)14-18/h2-9,14H,10-13,15H2,1H3. The first-order valence-electron chi connectivity index (χ1n) is 9.39. The Hall–Kier alpha value is -2.63. The van der Waals surface area contributed by atoms with Crippen molar-refractivity contribution in [3.63, 3.8) is 0 Å². The van der Waals surface area contributed by atoms with Crippen LogP contribution in [0.5, 0.6) is 0 Å². The molecule has 3 aromatic rings. The Morgan fingerprint density at radius 3 is 2.54 bits per heavy atom. The molecule has 0 bridgehead atoms. The number of amides is 1. The van der Waals surface area contributed by atoms with Gasteiger partial charge in [-0.1, -0.05) is 35.9 Å². The minimum absolute atomic E-state index is 0.0335. The minimum atomic E-state index is 0.0335. The van der Waals surface area contributed by atoms with Crippen LogP contribution in [0.2, 0.25) is 5.02 Å². The van der Waals surface area contributed by atoms with Crippen molar-refractivity contribution in [2.75, 3.05) is 26.2 Å². The number of piperazine rings is 1. The highest BCUT2D eigenvalue weighted by Crippen LogP contribution is 2.23. The zero-order chi connectivity index (χ0) is 19.5. The maximum atomic E-state index is 12.7. The Bertz CT molecular complexity index is 963. The fraction of sp³-hybridized carbons (Fsp3) is 0.273. The van der Waals surface area contributed by atoms with Gasteiger partial charge in [0, 0.05) is 48.9 Å². The first-order chi connectivity index (χ1) is 13.6. The van der Waals surface area contributed by atoms with Crippen LogP contribution in [0.15, 0.2) is 59.0 Å². The molecule has 2 aromatic carbocycles. The number of halogens is 1. The number of aryl methyl sites for hydroxylation is 1. The highest BCUT2D eigenvalue weighted by atomic mass is 35.5. The van der Waals surface area contributed by atoms with Crippen LogP contribution in [-0.2, 0) is 6.54 Å². The number of carbonyl (C=O) groups excluding carboxylic acids is 1. The summed E-state index contributed by atoms with van der Waals surface area (Å²) in [6.45, 7) is 5.66. The fourth-order valence-electron chi connectivity index (χ4n) is 3.40. The van der Waals surface area contributed by atoms with Gasteiger partial charge in [-0.15, -0.1) is 0 Å². The average molecular weight is 396 g/mol. The maximum absolute atomic E-state index is 12.7. The zero-order valence-electron chi connectivity index (χ0n) is 15.8. The van der Waals surface area contributed by atoms with Gasteiger partial charge in [-0.3, -0.25) is 9.69 Å². The number of carbonyl (C=O) groups is 1. The van der Waals surface area contributed by atoms with E-state index in [1.54, 1.807) is 12.1 Å². The fourth-order valence-corrected chi connectivity index (χ4v) is 3.59. The van der Waals surface area contributed by atoms with Gasteiger partial charge in [0.25, 0.3) is 5.91 Å². The van der Waals surface area contributed by atoms with Crippen LogP contribution in [-0.4, -0.2) is 46.9 Å². The van der Waals surface area contributed by atoms with Gasteiger partial charge in [0.1, 0.15) is 5.76 Å². The van der Waals surface area contributed by atoms with E-state index in [1.165, 1.54) is 0 Å². The van der Waals surface area contributed by atoms with E-state index < -0.39 is 0 Å². The quantitative estimate of drug-likeness (QED) is 0.662. The number of aromatic nitrogens is 1. The van der Waals surface area contributed by atoms with Gasteiger partial charge in [0.15, 0.2) is 0 Å². The molecule has 0 unspecified atom stereocenters. The summed E-state index contributed by atoms with van der Waals surface area (Å²) in [7, 11) is 0. The summed E-state index contributed by atoms with van der Waals surface area (Å²) in [4.78, 5) is 21.5. The predicted octanol–water partition coefficient (Wildman–Crippen LogP) is 4.26. The molecule has 1 amide bonds. The van der Waals surface area contributed by atoms with Gasteiger partial charge in [-0.2, -0.15) is 0 Å². The largest absolute Gasteiger partial charge is 0.441 e. The monoisotopic (exact) mass is 395 g/mol. The Balaban J connectivity index is 1.37. The third kappa shape index (κ3) is 4.11. The summed E-state index contributed by atoms with van der Waals surface area (Å²) in [5.74, 6) is 1.53. The molecule has 0 N–H and O–H groups in total. The van der Waals surface area contributed by atoms with Crippen LogP contribution in [0.3, 0.4) is 0 Å². The van der Waals surface area contributed by atoms with E-state index in [0.29, 0.717) is 29.6 Å².